The van der Waals surface area contributed by atoms with Gasteiger partial charge in [0.05, 0.1) is 16.9 Å². The maximum atomic E-state index is 10.5. The Kier molecular flexibility index (Phi) is 3.86. The van der Waals surface area contributed by atoms with Crippen LogP contribution in [0.2, 0.25) is 0 Å². The first-order valence-corrected chi connectivity index (χ1v) is 8.28. The van der Waals surface area contributed by atoms with Gasteiger partial charge in [-0.05, 0) is 38.1 Å². The van der Waals surface area contributed by atoms with E-state index < -0.39 is 5.60 Å². The summed E-state index contributed by atoms with van der Waals surface area (Å²) in [6.45, 7) is 3.54. The van der Waals surface area contributed by atoms with Crippen molar-refractivity contribution in [1.29, 1.82) is 0 Å². The quantitative estimate of drug-likeness (QED) is 0.469. The van der Waals surface area contributed by atoms with Gasteiger partial charge in [0.25, 0.3) is 0 Å². The zero-order valence-corrected chi connectivity index (χ0v) is 14.8. The Balaban J connectivity index is 1.79. The van der Waals surface area contributed by atoms with Crippen molar-refractivity contribution in [1.82, 2.24) is 29.9 Å². The fourth-order valence-corrected chi connectivity index (χ4v) is 2.79. The van der Waals surface area contributed by atoms with Crippen LogP contribution in [0.15, 0.2) is 42.7 Å². The Bertz CT molecular complexity index is 1180. The van der Waals surface area contributed by atoms with Crippen LogP contribution < -0.4 is 5.73 Å². The highest BCUT2D eigenvalue weighted by Crippen LogP contribution is 2.23. The van der Waals surface area contributed by atoms with Gasteiger partial charge in [-0.2, -0.15) is 15.2 Å². The van der Waals surface area contributed by atoms with E-state index in [-0.39, 0.29) is 5.95 Å². The number of nitrogens with two attached hydrogens (primary N) is 1. The molecule has 0 radical (unpaired) electrons. The van der Waals surface area contributed by atoms with E-state index in [2.05, 4.69) is 37.1 Å². The second-order valence-electron chi connectivity index (χ2n) is 6.29. The highest BCUT2D eigenvalue weighted by atomic mass is 16.3. The molecule has 0 bridgehead atoms. The third kappa shape index (κ3) is 3.12. The molecular weight excluding hydrogens is 342 g/mol. The molecule has 0 aliphatic heterocycles. The zero-order valence-electron chi connectivity index (χ0n) is 14.8. The van der Waals surface area contributed by atoms with E-state index in [1.54, 1.807) is 36.1 Å². The van der Waals surface area contributed by atoms with E-state index >= 15 is 0 Å². The average molecular weight is 359 g/mol. The van der Waals surface area contributed by atoms with Gasteiger partial charge in [0.2, 0.25) is 5.95 Å². The van der Waals surface area contributed by atoms with Crippen LogP contribution in [0.1, 0.15) is 23.9 Å². The first-order chi connectivity index (χ1) is 12.9. The number of aromatic nitrogens is 6. The van der Waals surface area contributed by atoms with Crippen LogP contribution in [-0.4, -0.2) is 35.1 Å². The van der Waals surface area contributed by atoms with Crippen LogP contribution in [0.5, 0.6) is 0 Å². The first kappa shape index (κ1) is 16.8. The maximum Gasteiger partial charge on any atom is 0.221 e. The van der Waals surface area contributed by atoms with Gasteiger partial charge < -0.3 is 10.8 Å². The lowest BCUT2D eigenvalue weighted by atomic mass is 10.0. The number of nitrogen functional groups attached to an aromatic ring is 1. The van der Waals surface area contributed by atoms with Crippen molar-refractivity contribution < 1.29 is 5.11 Å². The van der Waals surface area contributed by atoms with Gasteiger partial charge in [0.1, 0.15) is 0 Å². The number of hydrogen-bond acceptors (Lipinski definition) is 6. The van der Waals surface area contributed by atoms with E-state index in [9.17, 15) is 5.11 Å². The molecule has 0 aliphatic carbocycles. The molecule has 1 unspecified atom stereocenters. The molecule has 1 atom stereocenters. The van der Waals surface area contributed by atoms with Crippen LogP contribution in [0.3, 0.4) is 0 Å². The summed E-state index contributed by atoms with van der Waals surface area (Å²) in [6, 6.07) is 9.18. The lowest BCUT2D eigenvalue weighted by Gasteiger charge is -2.13. The normalized spacial score (nSPS) is 13.1. The maximum absolute atomic E-state index is 10.5. The van der Waals surface area contributed by atoms with Gasteiger partial charge >= 0.3 is 0 Å². The fourth-order valence-electron chi connectivity index (χ4n) is 2.79. The van der Waals surface area contributed by atoms with E-state index in [0.717, 1.165) is 22.2 Å². The number of benzene rings is 1. The van der Waals surface area contributed by atoms with Gasteiger partial charge in [-0.25, -0.2) is 9.67 Å². The number of aliphatic hydroxyl groups is 1. The average Bonchev–Trinajstić information content (AvgIpc) is 3.29. The predicted octanol–water partition coefficient (Wildman–Crippen LogP) is 1.69. The van der Waals surface area contributed by atoms with E-state index in [1.807, 2.05) is 25.1 Å². The van der Waals surface area contributed by atoms with Crippen molar-refractivity contribution in [3.05, 3.63) is 59.7 Å². The standard InChI is InChI=1S/C19H17N7O/c1-12-14-4-3-13(5-8-19(2,27)16-6-10-22-24-16)11-15(14)26(25-12)17-7-9-21-18(20)23-17/h3-4,6-7,9-11,27H,1-2H3,(H,22,24)(H2,20,21,23). The molecule has 0 spiro atoms. The minimum atomic E-state index is -1.33. The lowest BCUT2D eigenvalue weighted by molar-refractivity contribution is 0.117. The molecule has 0 amide bonds. The molecule has 4 N–H and O–H groups in total. The second-order valence-corrected chi connectivity index (χ2v) is 6.29. The molecule has 8 nitrogen and oxygen atoms in total. The summed E-state index contributed by atoms with van der Waals surface area (Å²) in [4.78, 5) is 8.15. The molecule has 0 fully saturated rings. The van der Waals surface area contributed by atoms with Crippen LogP contribution in [0.4, 0.5) is 5.95 Å². The Morgan fingerprint density at radius 1 is 1.22 bits per heavy atom. The minimum absolute atomic E-state index is 0.181. The number of aryl methyl sites for hydroxylation is 1. The minimum Gasteiger partial charge on any atom is -0.372 e. The first-order valence-electron chi connectivity index (χ1n) is 8.28. The van der Waals surface area contributed by atoms with Gasteiger partial charge in [-0.15, -0.1) is 0 Å². The summed E-state index contributed by atoms with van der Waals surface area (Å²) in [6.07, 6.45) is 3.16. The molecular formula is C19H17N7O. The van der Waals surface area contributed by atoms with Crippen LogP contribution in [-0.2, 0) is 5.60 Å². The van der Waals surface area contributed by atoms with Gasteiger partial charge in [0.15, 0.2) is 11.4 Å². The Labute approximate surface area is 155 Å². The molecule has 0 saturated heterocycles. The number of H-pyrrole nitrogens is 1. The van der Waals surface area contributed by atoms with Crippen molar-refractivity contribution in [2.75, 3.05) is 5.73 Å². The summed E-state index contributed by atoms with van der Waals surface area (Å²) in [5.74, 6) is 6.65. The summed E-state index contributed by atoms with van der Waals surface area (Å²) >= 11 is 0. The van der Waals surface area contributed by atoms with Gasteiger partial charge in [-0.1, -0.05) is 11.8 Å². The van der Waals surface area contributed by atoms with Gasteiger partial charge in [0, 0.05) is 29.4 Å². The molecule has 3 heterocycles. The topological polar surface area (TPSA) is 119 Å². The predicted molar refractivity (Wildman–Crippen MR) is 101 cm³/mol. The molecule has 0 saturated carbocycles. The molecule has 8 heteroatoms. The number of rotatable bonds is 2. The third-order valence-electron chi connectivity index (χ3n) is 4.22. The summed E-state index contributed by atoms with van der Waals surface area (Å²) < 4.78 is 1.71. The molecule has 0 aliphatic rings. The summed E-state index contributed by atoms with van der Waals surface area (Å²) in [5, 5.41) is 22.7. The Hall–Kier alpha value is -3.70. The molecule has 134 valence electrons. The molecule has 27 heavy (non-hydrogen) atoms. The number of aromatic amines is 1. The zero-order chi connectivity index (χ0) is 19.0. The van der Waals surface area contributed by atoms with Gasteiger partial charge in [-0.3, -0.25) is 5.10 Å². The molecule has 1 aromatic carbocycles. The Morgan fingerprint density at radius 3 is 2.81 bits per heavy atom. The number of fused-ring (bicyclic) bond motifs is 1. The van der Waals surface area contributed by atoms with Crippen LogP contribution >= 0.6 is 0 Å². The van der Waals surface area contributed by atoms with Crippen molar-refractivity contribution in [3.8, 4) is 17.7 Å². The number of nitrogens with one attached hydrogen (secondary N) is 1. The molecule has 3 aromatic heterocycles. The van der Waals surface area contributed by atoms with E-state index in [4.69, 9.17) is 5.73 Å². The molecule has 4 aromatic rings. The van der Waals surface area contributed by atoms with Crippen molar-refractivity contribution in [2.45, 2.75) is 19.4 Å². The van der Waals surface area contributed by atoms with Crippen molar-refractivity contribution >= 4 is 16.9 Å². The number of hydrogen-bond donors (Lipinski definition) is 3. The fraction of sp³-hybridized carbons (Fsp3) is 0.158. The van der Waals surface area contributed by atoms with Crippen molar-refractivity contribution in [3.63, 3.8) is 0 Å². The van der Waals surface area contributed by atoms with E-state index in [0.29, 0.717) is 11.5 Å². The Morgan fingerprint density at radius 2 is 2.07 bits per heavy atom. The second kappa shape index (κ2) is 6.23. The SMILES string of the molecule is Cc1nn(-c2ccnc(N)n2)c2cc(C#CC(C)(O)c3ccn[nH]3)ccc12. The number of anilines is 1. The van der Waals surface area contributed by atoms with Crippen LogP contribution in [0.25, 0.3) is 16.7 Å². The van der Waals surface area contributed by atoms with Crippen LogP contribution in [0, 0.1) is 18.8 Å². The summed E-state index contributed by atoms with van der Waals surface area (Å²) in [5.41, 5.74) is 7.36. The summed E-state index contributed by atoms with van der Waals surface area (Å²) in [7, 11) is 0. The number of nitrogens with zero attached hydrogens (tertiary/aromatic N) is 5. The largest absolute Gasteiger partial charge is 0.372 e. The lowest BCUT2D eigenvalue weighted by Crippen LogP contribution is -2.19. The smallest absolute Gasteiger partial charge is 0.221 e. The highest BCUT2D eigenvalue weighted by Gasteiger charge is 2.21. The monoisotopic (exact) mass is 359 g/mol. The highest BCUT2D eigenvalue weighted by molar-refractivity contribution is 5.84. The molecule has 4 rings (SSSR count). The van der Waals surface area contributed by atoms with E-state index in [1.165, 1.54) is 0 Å². The van der Waals surface area contributed by atoms with Crippen molar-refractivity contribution in [2.24, 2.45) is 0 Å². The third-order valence-corrected chi connectivity index (χ3v) is 4.22.